The minimum Gasteiger partial charge on any atom is -0.478 e. The number of hydrogen-bond donors (Lipinski definition) is 1. The van der Waals surface area contributed by atoms with Crippen LogP contribution in [-0.4, -0.2) is 35.1 Å². The van der Waals surface area contributed by atoms with Gasteiger partial charge in [-0.2, -0.15) is 0 Å². The average Bonchev–Trinajstić information content (AvgIpc) is 3.23. The van der Waals surface area contributed by atoms with Crippen molar-refractivity contribution in [1.29, 1.82) is 0 Å². The maximum Gasteiger partial charge on any atom is 0.335 e. The van der Waals surface area contributed by atoms with E-state index in [1.807, 2.05) is 12.1 Å². The van der Waals surface area contributed by atoms with Crippen LogP contribution in [0.15, 0.2) is 24.3 Å². The molecule has 3 rings (SSSR count). The molecule has 2 fully saturated rings. The minimum absolute atomic E-state index is 0.383. The molecule has 0 aromatic heterocycles. The number of carbonyl (C=O) groups is 1. The summed E-state index contributed by atoms with van der Waals surface area (Å²) in [5.74, 6) is -0.229. The second-order valence-corrected chi connectivity index (χ2v) is 5.47. The van der Waals surface area contributed by atoms with Crippen molar-refractivity contribution in [2.24, 2.45) is 0 Å². The van der Waals surface area contributed by atoms with E-state index in [4.69, 9.17) is 5.11 Å². The van der Waals surface area contributed by atoms with E-state index in [9.17, 15) is 4.79 Å². The number of nitrogens with zero attached hydrogens (tertiary/aromatic N) is 1. The molecule has 1 saturated heterocycles. The number of piperidine rings is 1. The van der Waals surface area contributed by atoms with Gasteiger partial charge in [-0.15, -0.1) is 0 Å². The zero-order valence-corrected chi connectivity index (χ0v) is 10.5. The van der Waals surface area contributed by atoms with E-state index in [2.05, 4.69) is 4.90 Å². The summed E-state index contributed by atoms with van der Waals surface area (Å²) in [6.45, 7) is 2.41. The van der Waals surface area contributed by atoms with Gasteiger partial charge in [-0.1, -0.05) is 12.1 Å². The molecule has 2 aliphatic rings. The van der Waals surface area contributed by atoms with Crippen molar-refractivity contribution in [2.75, 3.05) is 13.1 Å². The Morgan fingerprint density at radius 1 is 1.06 bits per heavy atom. The Bertz CT molecular complexity index is 428. The summed E-state index contributed by atoms with van der Waals surface area (Å²) in [5.41, 5.74) is 1.68. The van der Waals surface area contributed by atoms with Crippen LogP contribution in [0.4, 0.5) is 0 Å². The Kier molecular flexibility index (Phi) is 3.08. The fourth-order valence-corrected chi connectivity index (χ4v) is 2.94. The molecule has 3 nitrogen and oxygen atoms in total. The Hall–Kier alpha value is -1.35. The molecule has 1 aliphatic heterocycles. The van der Waals surface area contributed by atoms with Crippen LogP contribution in [0.3, 0.4) is 0 Å². The molecule has 3 heteroatoms. The van der Waals surface area contributed by atoms with E-state index >= 15 is 0 Å². The molecule has 96 valence electrons. The number of rotatable bonds is 3. The smallest absolute Gasteiger partial charge is 0.335 e. The molecule has 1 aliphatic carbocycles. The van der Waals surface area contributed by atoms with Crippen molar-refractivity contribution in [3.8, 4) is 0 Å². The lowest BCUT2D eigenvalue weighted by molar-refractivity contribution is 0.0697. The lowest BCUT2D eigenvalue weighted by Crippen LogP contribution is -2.34. The van der Waals surface area contributed by atoms with Crippen LogP contribution in [0.25, 0.3) is 0 Å². The predicted octanol–water partition coefficient (Wildman–Crippen LogP) is 2.73. The van der Waals surface area contributed by atoms with Crippen molar-refractivity contribution in [3.63, 3.8) is 0 Å². The molecule has 0 spiro atoms. The van der Waals surface area contributed by atoms with Gasteiger partial charge < -0.3 is 10.0 Å². The van der Waals surface area contributed by atoms with Gasteiger partial charge in [0.05, 0.1) is 5.56 Å². The fourth-order valence-electron chi connectivity index (χ4n) is 2.94. The summed E-state index contributed by atoms with van der Waals surface area (Å²) in [6, 6.07) is 8.30. The van der Waals surface area contributed by atoms with Crippen LogP contribution in [0.2, 0.25) is 0 Å². The molecular weight excluding hydrogens is 226 g/mol. The summed E-state index contributed by atoms with van der Waals surface area (Å²) < 4.78 is 0. The molecule has 0 bridgehead atoms. The summed E-state index contributed by atoms with van der Waals surface area (Å²) in [4.78, 5) is 13.4. The molecule has 1 saturated carbocycles. The number of likely N-dealkylation sites (tertiary alicyclic amines) is 1. The number of hydrogen-bond acceptors (Lipinski definition) is 2. The highest BCUT2D eigenvalue weighted by atomic mass is 16.4. The average molecular weight is 245 g/mol. The van der Waals surface area contributed by atoms with Crippen LogP contribution in [0.1, 0.15) is 47.5 Å². The van der Waals surface area contributed by atoms with Gasteiger partial charge in [-0.25, -0.2) is 4.79 Å². The van der Waals surface area contributed by atoms with Crippen LogP contribution in [0.5, 0.6) is 0 Å². The Morgan fingerprint density at radius 2 is 1.67 bits per heavy atom. The maximum atomic E-state index is 10.8. The third kappa shape index (κ3) is 2.41. The SMILES string of the molecule is O=C(O)c1ccc(C2CCN(C3CC3)CC2)cc1. The van der Waals surface area contributed by atoms with E-state index in [0.717, 1.165) is 6.04 Å². The van der Waals surface area contributed by atoms with Crippen molar-refractivity contribution in [3.05, 3.63) is 35.4 Å². The summed E-state index contributed by atoms with van der Waals surface area (Å²) in [7, 11) is 0. The normalized spacial score (nSPS) is 22.0. The second kappa shape index (κ2) is 4.73. The summed E-state index contributed by atoms with van der Waals surface area (Å²) >= 11 is 0. The van der Waals surface area contributed by atoms with E-state index in [1.54, 1.807) is 12.1 Å². The maximum absolute atomic E-state index is 10.8. The van der Waals surface area contributed by atoms with E-state index in [0.29, 0.717) is 11.5 Å². The molecule has 1 aromatic rings. The molecule has 1 heterocycles. The van der Waals surface area contributed by atoms with Crippen LogP contribution in [-0.2, 0) is 0 Å². The second-order valence-electron chi connectivity index (χ2n) is 5.47. The Morgan fingerprint density at radius 3 is 2.17 bits per heavy atom. The van der Waals surface area contributed by atoms with Crippen molar-refractivity contribution >= 4 is 5.97 Å². The van der Waals surface area contributed by atoms with E-state index in [1.165, 1.54) is 44.3 Å². The molecule has 0 radical (unpaired) electrons. The van der Waals surface area contributed by atoms with Crippen LogP contribution < -0.4 is 0 Å². The highest BCUT2D eigenvalue weighted by molar-refractivity contribution is 5.87. The molecule has 1 aromatic carbocycles. The van der Waals surface area contributed by atoms with Gasteiger partial charge in [0, 0.05) is 6.04 Å². The first-order valence-corrected chi connectivity index (χ1v) is 6.81. The largest absolute Gasteiger partial charge is 0.478 e. The van der Waals surface area contributed by atoms with Gasteiger partial charge in [0.1, 0.15) is 0 Å². The van der Waals surface area contributed by atoms with Crippen molar-refractivity contribution in [1.82, 2.24) is 4.90 Å². The molecule has 1 N–H and O–H groups in total. The zero-order valence-electron chi connectivity index (χ0n) is 10.5. The van der Waals surface area contributed by atoms with Crippen molar-refractivity contribution in [2.45, 2.75) is 37.6 Å². The van der Waals surface area contributed by atoms with Gasteiger partial charge >= 0.3 is 5.97 Å². The van der Waals surface area contributed by atoms with E-state index < -0.39 is 5.97 Å². The van der Waals surface area contributed by atoms with Crippen LogP contribution in [0, 0.1) is 0 Å². The van der Waals surface area contributed by atoms with Gasteiger partial charge in [0.15, 0.2) is 0 Å². The third-order valence-corrected chi connectivity index (χ3v) is 4.22. The standard InChI is InChI=1S/C15H19NO2/c17-15(18)13-3-1-11(2-4-13)12-7-9-16(10-8-12)14-5-6-14/h1-4,12,14H,5-10H2,(H,17,18). The third-order valence-electron chi connectivity index (χ3n) is 4.22. The quantitative estimate of drug-likeness (QED) is 0.890. The summed E-state index contributed by atoms with van der Waals surface area (Å²) in [6.07, 6.45) is 5.20. The van der Waals surface area contributed by atoms with E-state index in [-0.39, 0.29) is 0 Å². The Labute approximate surface area is 107 Å². The number of carboxylic acids is 1. The Balaban J connectivity index is 1.62. The predicted molar refractivity (Wildman–Crippen MR) is 70.0 cm³/mol. The van der Waals surface area contributed by atoms with Crippen molar-refractivity contribution < 1.29 is 9.90 Å². The topological polar surface area (TPSA) is 40.5 Å². The number of benzene rings is 1. The zero-order chi connectivity index (χ0) is 12.5. The lowest BCUT2D eigenvalue weighted by atomic mass is 9.89. The molecule has 18 heavy (non-hydrogen) atoms. The van der Waals surface area contributed by atoms with Gasteiger partial charge in [0.25, 0.3) is 0 Å². The van der Waals surface area contributed by atoms with Gasteiger partial charge in [-0.05, 0) is 62.4 Å². The monoisotopic (exact) mass is 245 g/mol. The molecular formula is C15H19NO2. The molecule has 0 atom stereocenters. The minimum atomic E-state index is -0.842. The molecule has 0 amide bonds. The summed E-state index contributed by atoms with van der Waals surface area (Å²) in [5, 5.41) is 8.88. The first kappa shape index (κ1) is 11.7. The highest BCUT2D eigenvalue weighted by Gasteiger charge is 2.32. The first-order valence-electron chi connectivity index (χ1n) is 6.81. The molecule has 0 unspecified atom stereocenters. The highest BCUT2D eigenvalue weighted by Crippen LogP contribution is 2.34. The number of aromatic carboxylic acids is 1. The van der Waals surface area contributed by atoms with Gasteiger partial charge in [-0.3, -0.25) is 0 Å². The van der Waals surface area contributed by atoms with Crippen LogP contribution >= 0.6 is 0 Å². The van der Waals surface area contributed by atoms with Gasteiger partial charge in [0.2, 0.25) is 0 Å². The lowest BCUT2D eigenvalue weighted by Gasteiger charge is -2.32. The fraction of sp³-hybridized carbons (Fsp3) is 0.533. The first-order chi connectivity index (χ1) is 8.74. The number of carboxylic acid groups (broad SMARTS) is 1.